The molecule has 0 bridgehead atoms. The van der Waals surface area contributed by atoms with Crippen LogP contribution in [0, 0.1) is 5.82 Å². The fourth-order valence-electron chi connectivity index (χ4n) is 2.40. The quantitative estimate of drug-likeness (QED) is 0.814. The Morgan fingerprint density at radius 1 is 1.21 bits per heavy atom. The summed E-state index contributed by atoms with van der Waals surface area (Å²) in [7, 11) is 0. The Kier molecular flexibility index (Phi) is 3.11. The number of anilines is 1. The molecule has 0 aromatic heterocycles. The topological polar surface area (TPSA) is 12.5 Å². The molecule has 1 aliphatic rings. The average Bonchev–Trinajstić information content (AvgIpc) is 2.43. The minimum atomic E-state index is -0.257. The van der Waals surface area contributed by atoms with E-state index in [0.29, 0.717) is 12.4 Å². The maximum absolute atomic E-state index is 13.2. The number of nitrogens with zero attached hydrogens (tertiary/aromatic N) is 1. The van der Waals surface area contributed by atoms with Crippen LogP contribution in [0.1, 0.15) is 12.5 Å². The molecule has 2 aromatic rings. The molecule has 19 heavy (non-hydrogen) atoms. The van der Waals surface area contributed by atoms with E-state index < -0.39 is 0 Å². The van der Waals surface area contributed by atoms with E-state index in [1.165, 1.54) is 17.7 Å². The van der Waals surface area contributed by atoms with Gasteiger partial charge in [-0.15, -0.1) is 0 Å². The minimum absolute atomic E-state index is 0.257. The van der Waals surface area contributed by atoms with Gasteiger partial charge in [-0.3, -0.25) is 0 Å². The molecule has 98 valence electrons. The first kappa shape index (κ1) is 12.0. The number of hydrogen-bond donors (Lipinski definition) is 0. The first-order chi connectivity index (χ1) is 9.24. The second-order valence-corrected chi connectivity index (χ2v) is 4.89. The Morgan fingerprint density at radius 2 is 2.00 bits per heavy atom. The van der Waals surface area contributed by atoms with Crippen molar-refractivity contribution in [2.24, 2.45) is 0 Å². The van der Waals surface area contributed by atoms with Crippen LogP contribution in [0.4, 0.5) is 10.1 Å². The van der Waals surface area contributed by atoms with Gasteiger partial charge in [0, 0.05) is 12.6 Å². The molecule has 0 fully saturated rings. The molecule has 0 radical (unpaired) electrons. The van der Waals surface area contributed by atoms with Crippen molar-refractivity contribution in [2.45, 2.75) is 19.5 Å². The maximum atomic E-state index is 13.2. The summed E-state index contributed by atoms with van der Waals surface area (Å²) in [4.78, 5) is 2.26. The number of halogens is 1. The summed E-state index contributed by atoms with van der Waals surface area (Å²) in [5.41, 5.74) is 2.20. The monoisotopic (exact) mass is 257 g/mol. The van der Waals surface area contributed by atoms with Gasteiger partial charge < -0.3 is 9.64 Å². The molecule has 0 saturated carbocycles. The Balaban J connectivity index is 1.93. The average molecular weight is 257 g/mol. The van der Waals surface area contributed by atoms with Crippen molar-refractivity contribution in [1.29, 1.82) is 0 Å². The standard InChI is InChI=1S/C16H16FNO/c1-12-11-19-16-9-14(17)7-8-15(16)18(12)10-13-5-3-2-4-6-13/h2-9,12H,10-11H2,1H3. The fourth-order valence-corrected chi connectivity index (χ4v) is 2.40. The van der Waals surface area contributed by atoms with Gasteiger partial charge in [-0.1, -0.05) is 30.3 Å². The van der Waals surface area contributed by atoms with Crippen molar-refractivity contribution in [3.8, 4) is 5.75 Å². The lowest BCUT2D eigenvalue weighted by molar-refractivity contribution is 0.268. The Labute approximate surface area is 112 Å². The lowest BCUT2D eigenvalue weighted by atomic mass is 10.1. The van der Waals surface area contributed by atoms with Crippen LogP contribution in [0.2, 0.25) is 0 Å². The number of fused-ring (bicyclic) bond motifs is 1. The third-order valence-corrected chi connectivity index (χ3v) is 3.44. The molecule has 2 nitrogen and oxygen atoms in total. The molecule has 0 spiro atoms. The summed E-state index contributed by atoms with van der Waals surface area (Å²) in [5, 5.41) is 0. The SMILES string of the molecule is CC1COc2cc(F)ccc2N1Cc1ccccc1. The smallest absolute Gasteiger partial charge is 0.145 e. The van der Waals surface area contributed by atoms with Crippen molar-refractivity contribution in [1.82, 2.24) is 0 Å². The van der Waals surface area contributed by atoms with Gasteiger partial charge in [0.1, 0.15) is 18.2 Å². The normalized spacial score (nSPS) is 17.8. The van der Waals surface area contributed by atoms with Gasteiger partial charge in [0.25, 0.3) is 0 Å². The van der Waals surface area contributed by atoms with Crippen LogP contribution < -0.4 is 9.64 Å². The molecule has 0 N–H and O–H groups in total. The summed E-state index contributed by atoms with van der Waals surface area (Å²) >= 11 is 0. The summed E-state index contributed by atoms with van der Waals surface area (Å²) < 4.78 is 18.9. The van der Waals surface area contributed by atoms with Crippen LogP contribution in [0.15, 0.2) is 48.5 Å². The molecular formula is C16H16FNO. The van der Waals surface area contributed by atoms with E-state index in [0.717, 1.165) is 12.2 Å². The summed E-state index contributed by atoms with van der Waals surface area (Å²) in [6.45, 7) is 3.52. The van der Waals surface area contributed by atoms with Crippen LogP contribution in [0.5, 0.6) is 5.75 Å². The Hall–Kier alpha value is -2.03. The minimum Gasteiger partial charge on any atom is -0.489 e. The Bertz CT molecular complexity index is 570. The third-order valence-electron chi connectivity index (χ3n) is 3.44. The van der Waals surface area contributed by atoms with Gasteiger partial charge in [0.15, 0.2) is 0 Å². The molecule has 3 heteroatoms. The predicted octanol–water partition coefficient (Wildman–Crippen LogP) is 3.61. The first-order valence-electron chi connectivity index (χ1n) is 6.47. The molecule has 1 aliphatic heterocycles. The van der Waals surface area contributed by atoms with Crippen molar-refractivity contribution in [2.75, 3.05) is 11.5 Å². The number of hydrogen-bond acceptors (Lipinski definition) is 2. The van der Waals surface area contributed by atoms with Crippen LogP contribution in [-0.4, -0.2) is 12.6 Å². The number of rotatable bonds is 2. The second-order valence-electron chi connectivity index (χ2n) is 4.89. The van der Waals surface area contributed by atoms with Crippen molar-refractivity contribution in [3.05, 3.63) is 59.9 Å². The van der Waals surface area contributed by atoms with Crippen LogP contribution in [-0.2, 0) is 6.54 Å². The van der Waals surface area contributed by atoms with Gasteiger partial charge in [-0.05, 0) is 24.6 Å². The lowest BCUT2D eigenvalue weighted by Gasteiger charge is -2.36. The van der Waals surface area contributed by atoms with E-state index in [4.69, 9.17) is 4.74 Å². The van der Waals surface area contributed by atoms with Gasteiger partial charge in [0.05, 0.1) is 11.7 Å². The molecular weight excluding hydrogens is 241 g/mol. The van der Waals surface area contributed by atoms with E-state index in [1.807, 2.05) is 18.2 Å². The van der Waals surface area contributed by atoms with E-state index in [-0.39, 0.29) is 11.9 Å². The van der Waals surface area contributed by atoms with Crippen LogP contribution >= 0.6 is 0 Å². The van der Waals surface area contributed by atoms with Gasteiger partial charge >= 0.3 is 0 Å². The van der Waals surface area contributed by atoms with Crippen molar-refractivity contribution in [3.63, 3.8) is 0 Å². The molecule has 0 saturated heterocycles. The zero-order valence-electron chi connectivity index (χ0n) is 10.8. The van der Waals surface area contributed by atoms with Gasteiger partial charge in [0.2, 0.25) is 0 Å². The highest BCUT2D eigenvalue weighted by molar-refractivity contribution is 5.61. The molecule has 1 unspecified atom stereocenters. The molecule has 0 amide bonds. The van der Waals surface area contributed by atoms with Crippen LogP contribution in [0.25, 0.3) is 0 Å². The van der Waals surface area contributed by atoms with Crippen molar-refractivity contribution < 1.29 is 9.13 Å². The molecule has 3 rings (SSSR count). The number of benzene rings is 2. The zero-order chi connectivity index (χ0) is 13.2. The highest BCUT2D eigenvalue weighted by atomic mass is 19.1. The lowest BCUT2D eigenvalue weighted by Crippen LogP contribution is -2.40. The molecule has 1 heterocycles. The summed E-state index contributed by atoms with van der Waals surface area (Å²) in [5.74, 6) is 0.377. The Morgan fingerprint density at radius 3 is 2.79 bits per heavy atom. The second kappa shape index (κ2) is 4.92. The third kappa shape index (κ3) is 2.41. The largest absolute Gasteiger partial charge is 0.489 e. The van der Waals surface area contributed by atoms with Crippen molar-refractivity contribution >= 4 is 5.69 Å². The zero-order valence-corrected chi connectivity index (χ0v) is 10.8. The summed E-state index contributed by atoms with van der Waals surface area (Å²) in [6, 6.07) is 15.3. The van der Waals surface area contributed by atoms with Gasteiger partial charge in [-0.2, -0.15) is 0 Å². The van der Waals surface area contributed by atoms with Gasteiger partial charge in [-0.25, -0.2) is 4.39 Å². The molecule has 0 aliphatic carbocycles. The maximum Gasteiger partial charge on any atom is 0.145 e. The fraction of sp³-hybridized carbons (Fsp3) is 0.250. The van der Waals surface area contributed by atoms with E-state index in [1.54, 1.807) is 6.07 Å². The molecule has 2 aromatic carbocycles. The van der Waals surface area contributed by atoms with Crippen LogP contribution in [0.3, 0.4) is 0 Å². The highest BCUT2D eigenvalue weighted by Gasteiger charge is 2.24. The molecule has 1 atom stereocenters. The van der Waals surface area contributed by atoms with E-state index in [9.17, 15) is 4.39 Å². The predicted molar refractivity (Wildman–Crippen MR) is 74.0 cm³/mol. The highest BCUT2D eigenvalue weighted by Crippen LogP contribution is 2.35. The van der Waals surface area contributed by atoms with E-state index >= 15 is 0 Å². The number of ether oxygens (including phenoxy) is 1. The van der Waals surface area contributed by atoms with E-state index in [2.05, 4.69) is 24.0 Å². The summed E-state index contributed by atoms with van der Waals surface area (Å²) in [6.07, 6.45) is 0. The first-order valence-corrected chi connectivity index (χ1v) is 6.47.